The van der Waals surface area contributed by atoms with Gasteiger partial charge in [0.25, 0.3) is 10.1 Å². The number of benzene rings is 1. The third kappa shape index (κ3) is 3.18. The molecule has 0 atom stereocenters. The van der Waals surface area contributed by atoms with Gasteiger partial charge in [-0.25, -0.2) is 0 Å². The third-order valence-corrected chi connectivity index (χ3v) is 3.40. The molecule has 19 heavy (non-hydrogen) atoms. The summed E-state index contributed by atoms with van der Waals surface area (Å²) in [6.07, 6.45) is 3.05. The summed E-state index contributed by atoms with van der Waals surface area (Å²) in [5.74, 6) is 0. The number of hydrogen-bond donors (Lipinski definition) is 2. The van der Waals surface area contributed by atoms with Gasteiger partial charge in [-0.05, 0) is 29.8 Å². The van der Waals surface area contributed by atoms with Gasteiger partial charge < -0.3 is 5.73 Å². The molecule has 0 aliphatic carbocycles. The molecule has 0 aliphatic heterocycles. The largest absolute Gasteiger partial charge is 0.397 e. The number of pyridine rings is 1. The van der Waals surface area contributed by atoms with E-state index in [1.54, 1.807) is 36.5 Å². The number of nitrogens with two attached hydrogens (primary N) is 1. The predicted octanol–water partition coefficient (Wildman–Crippen LogP) is 1.79. The zero-order valence-electron chi connectivity index (χ0n) is 9.89. The van der Waals surface area contributed by atoms with Crippen molar-refractivity contribution in [1.82, 2.24) is 4.98 Å². The molecular weight excluding hydrogens is 264 g/mol. The van der Waals surface area contributed by atoms with Crippen LogP contribution < -0.4 is 5.73 Å². The molecule has 5 nitrogen and oxygen atoms in total. The fourth-order valence-electron chi connectivity index (χ4n) is 1.61. The maximum Gasteiger partial charge on any atom is 0.295 e. The molecule has 1 aromatic heterocycles. The second-order valence-electron chi connectivity index (χ2n) is 3.83. The highest BCUT2D eigenvalue weighted by atomic mass is 32.2. The Bertz CT molecular complexity index is 710. The quantitative estimate of drug-likeness (QED) is 0.833. The summed E-state index contributed by atoms with van der Waals surface area (Å²) >= 11 is 0. The molecule has 0 amide bonds. The Labute approximate surface area is 111 Å². The first-order valence-corrected chi connectivity index (χ1v) is 6.87. The van der Waals surface area contributed by atoms with Crippen LogP contribution in [0.1, 0.15) is 11.3 Å². The average Bonchev–Trinajstić information content (AvgIpc) is 2.39. The van der Waals surface area contributed by atoms with Crippen LogP contribution in [0.25, 0.3) is 11.8 Å². The Kier molecular flexibility index (Phi) is 3.64. The van der Waals surface area contributed by atoms with Crippen LogP contribution in [0.2, 0.25) is 0 Å². The van der Waals surface area contributed by atoms with Gasteiger partial charge in [-0.1, -0.05) is 24.3 Å². The lowest BCUT2D eigenvalue weighted by molar-refractivity contribution is 0.483. The minimum absolute atomic E-state index is 0.186. The van der Waals surface area contributed by atoms with Crippen LogP contribution in [0.15, 0.2) is 53.6 Å². The molecule has 1 heterocycles. The number of nitrogens with zero attached hydrogens (tertiary/aromatic N) is 1. The van der Waals surface area contributed by atoms with E-state index >= 15 is 0 Å². The normalized spacial score (nSPS) is 12.4. The molecule has 0 fully saturated rings. The van der Waals surface area contributed by atoms with Crippen molar-refractivity contribution in [3.8, 4) is 0 Å². The van der Waals surface area contributed by atoms with Crippen LogP contribution in [-0.2, 0) is 10.1 Å². The first kappa shape index (κ1) is 13.3. The SMILES string of the molecule is NC(=Cc1ccccc1S(=O)(=O)O)c1ccccn1. The van der Waals surface area contributed by atoms with Crippen molar-refractivity contribution in [1.29, 1.82) is 0 Å². The van der Waals surface area contributed by atoms with Gasteiger partial charge in [-0.15, -0.1) is 0 Å². The van der Waals surface area contributed by atoms with Gasteiger partial charge in [0.2, 0.25) is 0 Å². The van der Waals surface area contributed by atoms with Crippen LogP contribution in [-0.4, -0.2) is 18.0 Å². The van der Waals surface area contributed by atoms with Crippen LogP contribution in [0.5, 0.6) is 0 Å². The van der Waals surface area contributed by atoms with Gasteiger partial charge in [-0.2, -0.15) is 8.42 Å². The highest BCUT2D eigenvalue weighted by molar-refractivity contribution is 7.85. The van der Waals surface area contributed by atoms with Crippen molar-refractivity contribution in [2.45, 2.75) is 4.90 Å². The van der Waals surface area contributed by atoms with E-state index in [9.17, 15) is 8.42 Å². The summed E-state index contributed by atoms with van der Waals surface area (Å²) in [4.78, 5) is 3.88. The Morgan fingerprint density at radius 3 is 2.47 bits per heavy atom. The van der Waals surface area contributed by atoms with Crippen molar-refractivity contribution in [2.24, 2.45) is 5.73 Å². The van der Waals surface area contributed by atoms with E-state index in [-0.39, 0.29) is 4.90 Å². The number of rotatable bonds is 3. The summed E-state index contributed by atoms with van der Waals surface area (Å²) < 4.78 is 31.6. The first-order chi connectivity index (χ1) is 8.98. The lowest BCUT2D eigenvalue weighted by atomic mass is 10.1. The Hall–Kier alpha value is -2.18. The smallest absolute Gasteiger partial charge is 0.295 e. The van der Waals surface area contributed by atoms with Crippen molar-refractivity contribution in [3.63, 3.8) is 0 Å². The highest BCUT2D eigenvalue weighted by Crippen LogP contribution is 2.19. The molecule has 3 N–H and O–H groups in total. The first-order valence-electron chi connectivity index (χ1n) is 5.43. The van der Waals surface area contributed by atoms with Gasteiger partial charge >= 0.3 is 0 Å². The van der Waals surface area contributed by atoms with E-state index in [0.717, 1.165) is 0 Å². The van der Waals surface area contributed by atoms with Gasteiger partial charge in [0.05, 0.1) is 11.4 Å². The van der Waals surface area contributed by atoms with E-state index in [1.807, 2.05) is 0 Å². The van der Waals surface area contributed by atoms with Crippen LogP contribution >= 0.6 is 0 Å². The number of hydrogen-bond acceptors (Lipinski definition) is 4. The molecule has 0 spiro atoms. The maximum atomic E-state index is 11.2. The van der Waals surface area contributed by atoms with E-state index in [2.05, 4.69) is 4.98 Å². The standard InChI is InChI=1S/C13H12N2O3S/c14-11(12-6-3-4-8-15-12)9-10-5-1-2-7-13(10)19(16,17)18/h1-9H,14H2,(H,16,17,18). The van der Waals surface area contributed by atoms with Crippen molar-refractivity contribution >= 4 is 21.9 Å². The fraction of sp³-hybridized carbons (Fsp3) is 0. The Morgan fingerprint density at radius 1 is 1.16 bits per heavy atom. The number of aromatic nitrogens is 1. The second-order valence-corrected chi connectivity index (χ2v) is 5.22. The molecule has 0 saturated heterocycles. The van der Waals surface area contributed by atoms with Crippen molar-refractivity contribution in [3.05, 3.63) is 59.9 Å². The predicted molar refractivity (Wildman–Crippen MR) is 72.6 cm³/mol. The lowest BCUT2D eigenvalue weighted by Crippen LogP contribution is -2.03. The zero-order valence-corrected chi connectivity index (χ0v) is 10.7. The summed E-state index contributed by atoms with van der Waals surface area (Å²) in [6, 6.07) is 11.3. The van der Waals surface area contributed by atoms with Crippen LogP contribution in [0.3, 0.4) is 0 Å². The van der Waals surface area contributed by atoms with E-state index in [1.165, 1.54) is 18.2 Å². The second kappa shape index (κ2) is 5.21. The molecule has 1 aromatic carbocycles. The average molecular weight is 276 g/mol. The van der Waals surface area contributed by atoms with E-state index in [4.69, 9.17) is 10.3 Å². The third-order valence-electron chi connectivity index (χ3n) is 2.47. The van der Waals surface area contributed by atoms with Gasteiger partial charge in [0.1, 0.15) is 4.90 Å². The topological polar surface area (TPSA) is 93.3 Å². The summed E-state index contributed by atoms with van der Waals surface area (Å²) in [5, 5.41) is 0. The van der Waals surface area contributed by atoms with Crippen molar-refractivity contribution in [2.75, 3.05) is 0 Å². The van der Waals surface area contributed by atoms with E-state index in [0.29, 0.717) is 17.0 Å². The minimum atomic E-state index is -4.28. The minimum Gasteiger partial charge on any atom is -0.397 e. The highest BCUT2D eigenvalue weighted by Gasteiger charge is 2.13. The van der Waals surface area contributed by atoms with Crippen molar-refractivity contribution < 1.29 is 13.0 Å². The molecule has 0 aliphatic rings. The van der Waals surface area contributed by atoms with Crippen LogP contribution in [0.4, 0.5) is 0 Å². The molecule has 0 radical (unpaired) electrons. The van der Waals surface area contributed by atoms with Gasteiger partial charge in [0.15, 0.2) is 0 Å². The van der Waals surface area contributed by atoms with Gasteiger partial charge in [-0.3, -0.25) is 9.54 Å². The monoisotopic (exact) mass is 276 g/mol. The molecule has 6 heteroatoms. The van der Waals surface area contributed by atoms with Gasteiger partial charge in [0, 0.05) is 6.20 Å². The fourth-order valence-corrected chi connectivity index (χ4v) is 2.29. The van der Waals surface area contributed by atoms with E-state index < -0.39 is 10.1 Å². The maximum absolute atomic E-state index is 11.2. The molecular formula is C13H12N2O3S. The molecule has 2 aromatic rings. The summed E-state index contributed by atoms with van der Waals surface area (Å²) in [5.41, 5.74) is 7.03. The van der Waals surface area contributed by atoms with Crippen LogP contribution in [0, 0.1) is 0 Å². The molecule has 0 saturated carbocycles. The summed E-state index contributed by atoms with van der Waals surface area (Å²) in [7, 11) is -4.28. The molecule has 0 bridgehead atoms. The molecule has 98 valence electrons. The Morgan fingerprint density at radius 2 is 1.84 bits per heavy atom. The summed E-state index contributed by atoms with van der Waals surface area (Å²) in [6.45, 7) is 0. The Balaban J connectivity index is 2.50. The zero-order chi connectivity index (χ0) is 13.9. The lowest BCUT2D eigenvalue weighted by Gasteiger charge is -2.04. The molecule has 2 rings (SSSR count). The molecule has 0 unspecified atom stereocenters.